The molecule has 0 aromatic carbocycles. The zero-order valence-corrected chi connectivity index (χ0v) is 8.52. The first-order chi connectivity index (χ1) is 2.00. The monoisotopic (exact) mass is 190 g/mol. The Hall–Kier alpha value is 1.39. The summed E-state index contributed by atoms with van der Waals surface area (Å²) in [4.78, 5) is 0. The minimum atomic E-state index is -4.92. The van der Waals surface area contributed by atoms with Crippen LogP contribution in [0.25, 0.3) is 0 Å². The summed E-state index contributed by atoms with van der Waals surface area (Å²) in [5.74, 6) is 0. The molecule has 0 aliphatic carbocycles. The van der Waals surface area contributed by atoms with Crippen LogP contribution in [-0.4, -0.2) is 34.0 Å². The summed E-state index contributed by atoms with van der Waals surface area (Å²) in [6, 6.07) is 0. The van der Waals surface area contributed by atoms with Crippen LogP contribution < -0.4 is 51.4 Å². The Morgan fingerprint density at radius 1 is 1.11 bits per heavy atom. The molecule has 0 bridgehead atoms. The smallest absolute Gasteiger partial charge is 0.726 e. The fourth-order valence-corrected chi connectivity index (χ4v) is 0. The van der Waals surface area contributed by atoms with E-state index in [2.05, 4.69) is 0 Å². The van der Waals surface area contributed by atoms with Gasteiger partial charge in [-0.3, -0.25) is 4.55 Å². The maximum atomic E-state index is 8.63. The van der Waals surface area contributed by atoms with Gasteiger partial charge in [-0.15, -0.1) is 0 Å². The summed E-state index contributed by atoms with van der Waals surface area (Å²) in [7, 11) is -4.92. The molecule has 0 aromatic heterocycles. The molecule has 0 amide bonds. The minimum absolute atomic E-state index is 0. The van der Waals surface area contributed by atoms with Gasteiger partial charge in [0.1, 0.15) is 0 Å². The largest absolute Gasteiger partial charge is 1.00 e. The van der Waals surface area contributed by atoms with Crippen LogP contribution >= 0.6 is 0 Å². The molecule has 7 nitrogen and oxygen atoms in total. The normalized spacial score (nSPS) is 6.44. The van der Waals surface area contributed by atoms with Gasteiger partial charge in [0.2, 0.25) is 10.4 Å². The van der Waals surface area contributed by atoms with E-state index in [0.717, 1.165) is 0 Å². The Kier molecular flexibility index (Phi) is 42.4. The molecule has 0 heterocycles. The quantitative estimate of drug-likeness (QED) is 0.227. The van der Waals surface area contributed by atoms with Crippen LogP contribution in [0, 0.1) is 0 Å². The Morgan fingerprint density at radius 2 is 1.11 bits per heavy atom. The topological polar surface area (TPSA) is 172 Å². The van der Waals surface area contributed by atoms with Gasteiger partial charge >= 0.3 is 51.4 Å². The summed E-state index contributed by atoms with van der Waals surface area (Å²) in [5.41, 5.74) is 0. The van der Waals surface area contributed by atoms with E-state index in [1.54, 1.807) is 0 Å². The summed E-state index contributed by atoms with van der Waals surface area (Å²) in [6.07, 6.45) is 0. The van der Waals surface area contributed by atoms with Crippen molar-refractivity contribution in [2.45, 2.75) is 0 Å². The van der Waals surface area contributed by atoms with E-state index >= 15 is 0 Å². The predicted molar refractivity (Wildman–Crippen MR) is 23.2 cm³/mol. The second kappa shape index (κ2) is 12.1. The second-order valence-electron chi connectivity index (χ2n) is 0.428. The molecule has 0 aliphatic rings. The molecule has 56 valence electrons. The molecule has 9 heteroatoms. The fourth-order valence-electron chi connectivity index (χ4n) is 0. The first-order valence-electron chi connectivity index (χ1n) is 0.683. The minimum Gasteiger partial charge on any atom is -0.726 e. The van der Waals surface area contributed by atoms with Crippen LogP contribution in [0.1, 0.15) is 0 Å². The van der Waals surface area contributed by atoms with Gasteiger partial charge in [0, 0.05) is 0 Å². The fraction of sp³-hybridized carbons (Fsp3) is 0. The number of rotatable bonds is 0. The molecule has 0 aliphatic heterocycles. The molecule has 0 saturated heterocycles. The summed E-state index contributed by atoms with van der Waals surface area (Å²) >= 11 is 0. The molecular weight excluding hydrogens is 183 g/mol. The standard InChI is InChI=1S/K.H2O4S.3H2O/c;1-5(2,3)4;;;/h;(H2,1,2,3,4);3*1H2/q+1;;;;/p-1. The maximum Gasteiger partial charge on any atom is 1.00 e. The molecule has 0 fully saturated rings. The maximum absolute atomic E-state index is 8.63. The average Bonchev–Trinajstić information content (AvgIpc) is 0.722. The first kappa shape index (κ1) is 31.5. The summed E-state index contributed by atoms with van der Waals surface area (Å²) < 4.78 is 32.8. The Morgan fingerprint density at radius 3 is 1.11 bits per heavy atom. The SMILES string of the molecule is O.O.O.O=S(=O)([O-])O.[K+]. The van der Waals surface area contributed by atoms with Crippen molar-refractivity contribution in [3.8, 4) is 0 Å². The van der Waals surface area contributed by atoms with Gasteiger partial charge in [-0.05, 0) is 0 Å². The first-order valence-corrected chi connectivity index (χ1v) is 2.05. The average molecular weight is 190 g/mol. The molecular formula is H7KO7S. The van der Waals surface area contributed by atoms with Crippen molar-refractivity contribution in [1.82, 2.24) is 0 Å². The van der Waals surface area contributed by atoms with E-state index in [4.69, 9.17) is 17.5 Å². The zero-order chi connectivity index (χ0) is 4.50. The van der Waals surface area contributed by atoms with Crippen LogP contribution in [-0.2, 0) is 10.4 Å². The van der Waals surface area contributed by atoms with Crippen molar-refractivity contribution >= 4 is 10.4 Å². The van der Waals surface area contributed by atoms with Crippen LogP contribution in [0.3, 0.4) is 0 Å². The molecule has 7 N–H and O–H groups in total. The van der Waals surface area contributed by atoms with Crippen LogP contribution in [0.4, 0.5) is 0 Å². The van der Waals surface area contributed by atoms with E-state index in [-0.39, 0.29) is 67.8 Å². The number of hydrogen-bond donors (Lipinski definition) is 1. The van der Waals surface area contributed by atoms with Gasteiger partial charge < -0.3 is 21.0 Å². The van der Waals surface area contributed by atoms with Crippen molar-refractivity contribution in [2.24, 2.45) is 0 Å². The molecule has 0 atom stereocenters. The van der Waals surface area contributed by atoms with Gasteiger partial charge in [0.05, 0.1) is 0 Å². The van der Waals surface area contributed by atoms with E-state index in [1.165, 1.54) is 0 Å². The van der Waals surface area contributed by atoms with E-state index in [0.29, 0.717) is 0 Å². The summed E-state index contributed by atoms with van der Waals surface area (Å²) in [5, 5.41) is 0. The molecule has 0 spiro atoms. The van der Waals surface area contributed by atoms with Gasteiger partial charge in [0.25, 0.3) is 0 Å². The van der Waals surface area contributed by atoms with Gasteiger partial charge in [-0.2, -0.15) is 0 Å². The Bertz CT molecular complexity index is 92.1. The second-order valence-corrected chi connectivity index (χ2v) is 1.28. The molecule has 9 heavy (non-hydrogen) atoms. The molecule has 0 unspecified atom stereocenters. The van der Waals surface area contributed by atoms with Crippen molar-refractivity contribution in [2.75, 3.05) is 0 Å². The van der Waals surface area contributed by atoms with Crippen molar-refractivity contribution in [3.05, 3.63) is 0 Å². The van der Waals surface area contributed by atoms with E-state index < -0.39 is 10.4 Å². The van der Waals surface area contributed by atoms with Crippen molar-refractivity contribution < 1.29 is 85.3 Å². The summed E-state index contributed by atoms with van der Waals surface area (Å²) in [6.45, 7) is 0. The zero-order valence-electron chi connectivity index (χ0n) is 4.58. The third-order valence-corrected chi connectivity index (χ3v) is 0. The third-order valence-electron chi connectivity index (χ3n) is 0. The van der Waals surface area contributed by atoms with Crippen LogP contribution in [0.15, 0.2) is 0 Å². The van der Waals surface area contributed by atoms with Gasteiger partial charge in [0.15, 0.2) is 0 Å². The van der Waals surface area contributed by atoms with Crippen molar-refractivity contribution in [1.29, 1.82) is 0 Å². The van der Waals surface area contributed by atoms with Gasteiger partial charge in [-0.1, -0.05) is 0 Å². The Labute approximate surface area is 94.4 Å². The van der Waals surface area contributed by atoms with Gasteiger partial charge in [-0.25, -0.2) is 8.42 Å². The van der Waals surface area contributed by atoms with Crippen LogP contribution in [0.2, 0.25) is 0 Å². The van der Waals surface area contributed by atoms with E-state index in [1.807, 2.05) is 0 Å². The number of hydrogen-bond acceptors (Lipinski definition) is 3. The predicted octanol–water partition coefficient (Wildman–Crippen LogP) is -6.47. The third kappa shape index (κ3) is 266. The molecule has 0 rings (SSSR count). The molecule has 0 radical (unpaired) electrons. The van der Waals surface area contributed by atoms with Crippen LogP contribution in [0.5, 0.6) is 0 Å². The molecule has 0 aromatic rings. The van der Waals surface area contributed by atoms with Crippen molar-refractivity contribution in [3.63, 3.8) is 0 Å². The molecule has 0 saturated carbocycles. The Balaban J connectivity index is -0.0000000133. The van der Waals surface area contributed by atoms with E-state index in [9.17, 15) is 0 Å².